The summed E-state index contributed by atoms with van der Waals surface area (Å²) in [7, 11) is 1.70. The van der Waals surface area contributed by atoms with Crippen LogP contribution in [0, 0.1) is 6.92 Å². The van der Waals surface area contributed by atoms with Gasteiger partial charge in [0.05, 0.1) is 5.69 Å². The monoisotopic (exact) mass is 304 g/mol. The highest BCUT2D eigenvalue weighted by molar-refractivity contribution is 6.30. The molecule has 1 aromatic heterocycles. The molecule has 0 saturated carbocycles. The Balaban J connectivity index is 2.64. The fraction of sp³-hybridized carbons (Fsp3) is 0.412. The smallest absolute Gasteiger partial charge is 0.162 e. The fourth-order valence-corrected chi connectivity index (χ4v) is 2.69. The van der Waals surface area contributed by atoms with Gasteiger partial charge in [0.2, 0.25) is 0 Å². The van der Waals surface area contributed by atoms with Crippen molar-refractivity contribution in [3.05, 3.63) is 46.9 Å². The molecule has 0 amide bonds. The number of methoxy groups -OCH3 is 1. The molecule has 0 radical (unpaired) electrons. The number of nitrogens with zero attached hydrogens (tertiary/aromatic N) is 2. The number of hydrogen-bond acceptors (Lipinski definition) is 3. The highest BCUT2D eigenvalue weighted by Crippen LogP contribution is 2.34. The summed E-state index contributed by atoms with van der Waals surface area (Å²) in [6, 6.07) is 10.0. The zero-order valence-corrected chi connectivity index (χ0v) is 13.7. The molecular weight excluding hydrogens is 284 g/mol. The summed E-state index contributed by atoms with van der Waals surface area (Å²) in [6.07, 6.45) is 1.60. The summed E-state index contributed by atoms with van der Waals surface area (Å²) in [5, 5.41) is 0.488. The lowest BCUT2D eigenvalue weighted by atomic mass is 9.95. The second kappa shape index (κ2) is 6.54. The van der Waals surface area contributed by atoms with Crippen LogP contribution in [-0.4, -0.2) is 17.1 Å². The van der Waals surface area contributed by atoms with Crippen LogP contribution in [0.15, 0.2) is 30.3 Å². The van der Waals surface area contributed by atoms with Crippen molar-refractivity contribution in [2.24, 2.45) is 0 Å². The van der Waals surface area contributed by atoms with E-state index in [1.165, 1.54) is 0 Å². The van der Waals surface area contributed by atoms with Crippen molar-refractivity contribution in [1.82, 2.24) is 9.97 Å². The van der Waals surface area contributed by atoms with Gasteiger partial charge in [-0.1, -0.05) is 55.8 Å². The van der Waals surface area contributed by atoms with E-state index in [9.17, 15) is 0 Å². The number of aromatic nitrogens is 2. The standard InChI is InChI=1S/C17H21ClN2O/c1-5-17(6-2,21-4)16-19-14(12(3)15(18)20-16)13-10-8-7-9-11-13/h7-11H,5-6H2,1-4H3. The van der Waals surface area contributed by atoms with Crippen LogP contribution in [-0.2, 0) is 10.3 Å². The molecule has 1 aromatic carbocycles. The number of benzene rings is 1. The Labute approximate surface area is 131 Å². The van der Waals surface area contributed by atoms with Gasteiger partial charge >= 0.3 is 0 Å². The van der Waals surface area contributed by atoms with E-state index >= 15 is 0 Å². The van der Waals surface area contributed by atoms with Crippen molar-refractivity contribution in [1.29, 1.82) is 0 Å². The van der Waals surface area contributed by atoms with E-state index in [4.69, 9.17) is 21.3 Å². The SMILES string of the molecule is CCC(CC)(OC)c1nc(Cl)c(C)c(-c2ccccc2)n1. The molecule has 112 valence electrons. The molecule has 0 bridgehead atoms. The van der Waals surface area contributed by atoms with Gasteiger partial charge in [0.15, 0.2) is 5.82 Å². The molecule has 3 nitrogen and oxygen atoms in total. The summed E-state index contributed by atoms with van der Waals surface area (Å²) in [4.78, 5) is 9.24. The maximum Gasteiger partial charge on any atom is 0.162 e. The maximum absolute atomic E-state index is 6.34. The van der Waals surface area contributed by atoms with Gasteiger partial charge in [-0.3, -0.25) is 0 Å². The molecule has 0 saturated heterocycles. The van der Waals surface area contributed by atoms with Gasteiger partial charge in [-0.05, 0) is 19.8 Å². The lowest BCUT2D eigenvalue weighted by molar-refractivity contribution is -0.0290. The van der Waals surface area contributed by atoms with Crippen molar-refractivity contribution in [3.63, 3.8) is 0 Å². The summed E-state index contributed by atoms with van der Waals surface area (Å²) in [5.74, 6) is 0.657. The molecule has 21 heavy (non-hydrogen) atoms. The first-order valence-corrected chi connectivity index (χ1v) is 7.61. The van der Waals surface area contributed by atoms with Crippen LogP contribution in [0.1, 0.15) is 38.1 Å². The molecule has 0 aliphatic heterocycles. The summed E-state index contributed by atoms with van der Waals surface area (Å²) in [5.41, 5.74) is 2.32. The molecular formula is C17H21ClN2O. The average Bonchev–Trinajstić information content (AvgIpc) is 2.53. The molecule has 0 unspecified atom stereocenters. The second-order valence-electron chi connectivity index (χ2n) is 5.08. The fourth-order valence-electron chi connectivity index (χ4n) is 2.52. The minimum atomic E-state index is -0.485. The van der Waals surface area contributed by atoms with Gasteiger partial charge in [0, 0.05) is 18.2 Å². The zero-order valence-electron chi connectivity index (χ0n) is 13.0. The van der Waals surface area contributed by atoms with Crippen LogP contribution >= 0.6 is 11.6 Å². The lowest BCUT2D eigenvalue weighted by Gasteiger charge is -2.29. The molecule has 1 heterocycles. The first-order chi connectivity index (χ1) is 10.1. The molecule has 0 aliphatic carbocycles. The van der Waals surface area contributed by atoms with Crippen LogP contribution < -0.4 is 0 Å². The second-order valence-corrected chi connectivity index (χ2v) is 5.44. The largest absolute Gasteiger partial charge is 0.370 e. The average molecular weight is 305 g/mol. The Morgan fingerprint density at radius 2 is 1.71 bits per heavy atom. The van der Waals surface area contributed by atoms with Crippen LogP contribution in [0.2, 0.25) is 5.15 Å². The normalized spacial score (nSPS) is 11.7. The van der Waals surface area contributed by atoms with Gasteiger partial charge < -0.3 is 4.74 Å². The Kier molecular flexibility index (Phi) is 4.96. The van der Waals surface area contributed by atoms with Gasteiger partial charge in [-0.25, -0.2) is 9.97 Å². The highest BCUT2D eigenvalue weighted by Gasteiger charge is 2.32. The zero-order chi connectivity index (χ0) is 15.5. The van der Waals surface area contributed by atoms with Crippen molar-refractivity contribution in [2.75, 3.05) is 7.11 Å². The third-order valence-corrected chi connectivity index (χ3v) is 4.44. The number of halogens is 1. The quantitative estimate of drug-likeness (QED) is 0.747. The molecule has 0 aliphatic rings. The molecule has 0 N–H and O–H groups in total. The molecule has 0 atom stereocenters. The van der Waals surface area contributed by atoms with Gasteiger partial charge in [0.1, 0.15) is 10.8 Å². The Morgan fingerprint density at radius 3 is 2.24 bits per heavy atom. The van der Waals surface area contributed by atoms with Crippen LogP contribution in [0.4, 0.5) is 0 Å². The van der Waals surface area contributed by atoms with E-state index in [0.717, 1.165) is 29.7 Å². The summed E-state index contributed by atoms with van der Waals surface area (Å²) >= 11 is 6.34. The minimum Gasteiger partial charge on any atom is -0.370 e. The molecule has 2 aromatic rings. The summed E-state index contributed by atoms with van der Waals surface area (Å²) < 4.78 is 5.72. The van der Waals surface area contributed by atoms with E-state index in [2.05, 4.69) is 18.8 Å². The Morgan fingerprint density at radius 1 is 1.10 bits per heavy atom. The van der Waals surface area contributed by atoms with E-state index in [0.29, 0.717) is 11.0 Å². The minimum absolute atomic E-state index is 0.485. The number of rotatable bonds is 5. The topological polar surface area (TPSA) is 35.0 Å². The maximum atomic E-state index is 6.34. The molecule has 4 heteroatoms. The third-order valence-electron chi connectivity index (χ3n) is 4.07. The van der Waals surface area contributed by atoms with E-state index in [1.807, 2.05) is 37.3 Å². The number of hydrogen-bond donors (Lipinski definition) is 0. The van der Waals surface area contributed by atoms with Crippen molar-refractivity contribution < 1.29 is 4.74 Å². The van der Waals surface area contributed by atoms with Gasteiger partial charge in [-0.2, -0.15) is 0 Å². The molecule has 2 rings (SSSR count). The molecule has 0 spiro atoms. The predicted molar refractivity (Wildman–Crippen MR) is 86.5 cm³/mol. The van der Waals surface area contributed by atoms with Crippen LogP contribution in [0.3, 0.4) is 0 Å². The van der Waals surface area contributed by atoms with Crippen LogP contribution in [0.25, 0.3) is 11.3 Å². The molecule has 0 fully saturated rings. The van der Waals surface area contributed by atoms with Crippen molar-refractivity contribution >= 4 is 11.6 Å². The van der Waals surface area contributed by atoms with Gasteiger partial charge in [-0.15, -0.1) is 0 Å². The first-order valence-electron chi connectivity index (χ1n) is 7.23. The Bertz CT molecular complexity index is 601. The van der Waals surface area contributed by atoms with Gasteiger partial charge in [0.25, 0.3) is 0 Å². The summed E-state index contributed by atoms with van der Waals surface area (Å²) in [6.45, 7) is 6.10. The van der Waals surface area contributed by atoms with E-state index in [-0.39, 0.29) is 0 Å². The third kappa shape index (κ3) is 2.94. The highest BCUT2D eigenvalue weighted by atomic mass is 35.5. The van der Waals surface area contributed by atoms with E-state index < -0.39 is 5.60 Å². The lowest BCUT2D eigenvalue weighted by Crippen LogP contribution is -2.30. The van der Waals surface area contributed by atoms with Crippen molar-refractivity contribution in [3.8, 4) is 11.3 Å². The number of ether oxygens (including phenoxy) is 1. The van der Waals surface area contributed by atoms with E-state index in [1.54, 1.807) is 7.11 Å². The Hall–Kier alpha value is -1.45. The first kappa shape index (κ1) is 15.9. The predicted octanol–water partition coefficient (Wildman–Crippen LogP) is 4.77. The van der Waals surface area contributed by atoms with Crippen molar-refractivity contribution in [2.45, 2.75) is 39.2 Å². The van der Waals surface area contributed by atoms with Crippen LogP contribution in [0.5, 0.6) is 0 Å².